The highest BCUT2D eigenvalue weighted by molar-refractivity contribution is 5.43. The van der Waals surface area contributed by atoms with Crippen LogP contribution in [0.25, 0.3) is 0 Å². The Kier molecular flexibility index (Phi) is 5.17. The minimum absolute atomic E-state index is 0.140. The van der Waals surface area contributed by atoms with E-state index in [2.05, 4.69) is 6.92 Å². The van der Waals surface area contributed by atoms with Crippen LogP contribution in [0.2, 0.25) is 0 Å². The van der Waals surface area contributed by atoms with Gasteiger partial charge in [-0.05, 0) is 24.1 Å². The van der Waals surface area contributed by atoms with Gasteiger partial charge in [0.1, 0.15) is 12.4 Å². The van der Waals surface area contributed by atoms with E-state index < -0.39 is 0 Å². The molecule has 0 aromatic heterocycles. The SMILES string of the molecule is CCc1ccc(OCc2cccc(CN)c2F)c(OC)c1. The molecule has 0 aliphatic carbocycles. The standard InChI is InChI=1S/C17H20FNO2/c1-3-12-7-8-15(16(9-12)20-2)21-11-14-6-4-5-13(10-19)17(14)18/h4-9H,3,10-11,19H2,1-2H3. The van der Waals surface area contributed by atoms with Gasteiger partial charge in [0, 0.05) is 17.7 Å². The van der Waals surface area contributed by atoms with Gasteiger partial charge in [-0.15, -0.1) is 0 Å². The minimum Gasteiger partial charge on any atom is -0.493 e. The van der Waals surface area contributed by atoms with Gasteiger partial charge in [-0.2, -0.15) is 0 Å². The van der Waals surface area contributed by atoms with Crippen LogP contribution in [0.3, 0.4) is 0 Å². The molecule has 0 saturated carbocycles. The number of hydrogen-bond acceptors (Lipinski definition) is 3. The molecular weight excluding hydrogens is 269 g/mol. The van der Waals surface area contributed by atoms with Crippen LogP contribution >= 0.6 is 0 Å². The molecule has 0 aliphatic rings. The maximum Gasteiger partial charge on any atom is 0.161 e. The molecule has 0 unspecified atom stereocenters. The number of nitrogens with two attached hydrogens (primary N) is 1. The van der Waals surface area contributed by atoms with Gasteiger partial charge in [0.25, 0.3) is 0 Å². The Labute approximate surface area is 124 Å². The summed E-state index contributed by atoms with van der Waals surface area (Å²) in [5.74, 6) is 0.959. The predicted octanol–water partition coefficient (Wildman–Crippen LogP) is 3.43. The first-order valence-electron chi connectivity index (χ1n) is 6.95. The van der Waals surface area contributed by atoms with Crippen LogP contribution in [0, 0.1) is 5.82 Å². The Balaban J connectivity index is 2.16. The molecule has 0 spiro atoms. The number of benzene rings is 2. The second-order valence-electron chi connectivity index (χ2n) is 4.72. The average molecular weight is 289 g/mol. The molecule has 21 heavy (non-hydrogen) atoms. The highest BCUT2D eigenvalue weighted by Crippen LogP contribution is 2.29. The number of rotatable bonds is 6. The lowest BCUT2D eigenvalue weighted by Gasteiger charge is -2.13. The topological polar surface area (TPSA) is 44.5 Å². The molecule has 0 bridgehead atoms. The van der Waals surface area contributed by atoms with Crippen molar-refractivity contribution in [3.63, 3.8) is 0 Å². The van der Waals surface area contributed by atoms with Crippen LogP contribution in [0.5, 0.6) is 11.5 Å². The fourth-order valence-corrected chi connectivity index (χ4v) is 2.11. The van der Waals surface area contributed by atoms with Gasteiger partial charge in [0.05, 0.1) is 7.11 Å². The molecular formula is C17H20FNO2. The number of aryl methyl sites for hydroxylation is 1. The third-order valence-corrected chi connectivity index (χ3v) is 3.40. The predicted molar refractivity (Wildman–Crippen MR) is 81.0 cm³/mol. The van der Waals surface area contributed by atoms with Crippen LogP contribution in [0.15, 0.2) is 36.4 Å². The van der Waals surface area contributed by atoms with Crippen molar-refractivity contribution in [2.45, 2.75) is 26.5 Å². The molecule has 112 valence electrons. The van der Waals surface area contributed by atoms with Crippen LogP contribution in [-0.2, 0) is 19.6 Å². The summed E-state index contributed by atoms with van der Waals surface area (Å²) in [6.07, 6.45) is 0.920. The molecule has 4 heteroatoms. The summed E-state index contributed by atoms with van der Waals surface area (Å²) in [5.41, 5.74) is 7.64. The first-order chi connectivity index (χ1) is 10.2. The van der Waals surface area contributed by atoms with Gasteiger partial charge in [-0.1, -0.05) is 31.2 Å². The summed E-state index contributed by atoms with van der Waals surface area (Å²) in [5, 5.41) is 0. The van der Waals surface area contributed by atoms with E-state index in [1.807, 2.05) is 18.2 Å². The van der Waals surface area contributed by atoms with E-state index in [0.717, 1.165) is 12.0 Å². The molecule has 3 nitrogen and oxygen atoms in total. The van der Waals surface area contributed by atoms with E-state index in [1.54, 1.807) is 25.3 Å². The number of halogens is 1. The summed E-state index contributed by atoms with van der Waals surface area (Å²) in [6, 6.07) is 10.9. The van der Waals surface area contributed by atoms with Gasteiger partial charge in [-0.25, -0.2) is 4.39 Å². The van der Waals surface area contributed by atoms with Crippen molar-refractivity contribution in [1.29, 1.82) is 0 Å². The summed E-state index contributed by atoms with van der Waals surface area (Å²) >= 11 is 0. The molecule has 2 aromatic rings. The fraction of sp³-hybridized carbons (Fsp3) is 0.294. The summed E-state index contributed by atoms with van der Waals surface area (Å²) in [6.45, 7) is 2.39. The van der Waals surface area contributed by atoms with Crippen molar-refractivity contribution in [3.05, 3.63) is 58.9 Å². The largest absolute Gasteiger partial charge is 0.493 e. The molecule has 0 saturated heterocycles. The summed E-state index contributed by atoms with van der Waals surface area (Å²) in [7, 11) is 1.59. The Morgan fingerprint density at radius 2 is 1.86 bits per heavy atom. The van der Waals surface area contributed by atoms with Crippen LogP contribution in [0.4, 0.5) is 4.39 Å². The van der Waals surface area contributed by atoms with Crippen LogP contribution in [-0.4, -0.2) is 7.11 Å². The van der Waals surface area contributed by atoms with Gasteiger partial charge >= 0.3 is 0 Å². The average Bonchev–Trinajstić information content (AvgIpc) is 2.53. The number of methoxy groups -OCH3 is 1. The Morgan fingerprint density at radius 1 is 1.10 bits per heavy atom. The van der Waals surface area contributed by atoms with E-state index in [4.69, 9.17) is 15.2 Å². The van der Waals surface area contributed by atoms with E-state index in [9.17, 15) is 4.39 Å². The maximum absolute atomic E-state index is 14.1. The monoisotopic (exact) mass is 289 g/mol. The highest BCUT2D eigenvalue weighted by atomic mass is 19.1. The highest BCUT2D eigenvalue weighted by Gasteiger charge is 2.10. The first kappa shape index (κ1) is 15.3. The molecule has 0 fully saturated rings. The minimum atomic E-state index is -0.302. The Morgan fingerprint density at radius 3 is 2.52 bits per heavy atom. The van der Waals surface area contributed by atoms with Gasteiger partial charge in [0.2, 0.25) is 0 Å². The smallest absolute Gasteiger partial charge is 0.161 e. The lowest BCUT2D eigenvalue weighted by atomic mass is 10.1. The number of hydrogen-bond donors (Lipinski definition) is 1. The normalized spacial score (nSPS) is 10.5. The van der Waals surface area contributed by atoms with Crippen molar-refractivity contribution < 1.29 is 13.9 Å². The number of ether oxygens (including phenoxy) is 2. The molecule has 0 heterocycles. The van der Waals surface area contributed by atoms with Crippen LogP contribution in [0.1, 0.15) is 23.6 Å². The van der Waals surface area contributed by atoms with Crippen LogP contribution < -0.4 is 15.2 Å². The second kappa shape index (κ2) is 7.09. The Bertz CT molecular complexity index is 614. The Hall–Kier alpha value is -2.07. The van der Waals surface area contributed by atoms with Crippen molar-refractivity contribution in [1.82, 2.24) is 0 Å². The van der Waals surface area contributed by atoms with Gasteiger partial charge in [-0.3, -0.25) is 0 Å². The zero-order valence-corrected chi connectivity index (χ0v) is 12.4. The molecule has 0 aliphatic heterocycles. The lowest BCUT2D eigenvalue weighted by molar-refractivity contribution is 0.279. The summed E-state index contributed by atoms with van der Waals surface area (Å²) < 4.78 is 25.1. The van der Waals surface area contributed by atoms with Gasteiger partial charge < -0.3 is 15.2 Å². The fourth-order valence-electron chi connectivity index (χ4n) is 2.11. The van der Waals surface area contributed by atoms with Crippen molar-refractivity contribution in [2.75, 3.05) is 7.11 Å². The van der Waals surface area contributed by atoms with Crippen molar-refractivity contribution in [2.24, 2.45) is 5.73 Å². The molecule has 0 radical (unpaired) electrons. The molecule has 0 atom stereocenters. The first-order valence-corrected chi connectivity index (χ1v) is 6.95. The third-order valence-electron chi connectivity index (χ3n) is 3.40. The van der Waals surface area contributed by atoms with Crippen molar-refractivity contribution >= 4 is 0 Å². The third kappa shape index (κ3) is 3.52. The van der Waals surface area contributed by atoms with E-state index in [1.165, 1.54) is 0 Å². The maximum atomic E-state index is 14.1. The second-order valence-corrected chi connectivity index (χ2v) is 4.72. The summed E-state index contributed by atoms with van der Waals surface area (Å²) in [4.78, 5) is 0. The van der Waals surface area contributed by atoms with E-state index in [0.29, 0.717) is 22.6 Å². The van der Waals surface area contributed by atoms with Crippen molar-refractivity contribution in [3.8, 4) is 11.5 Å². The molecule has 2 rings (SSSR count). The lowest BCUT2D eigenvalue weighted by Crippen LogP contribution is -2.05. The van der Waals surface area contributed by atoms with E-state index >= 15 is 0 Å². The quantitative estimate of drug-likeness (QED) is 0.886. The van der Waals surface area contributed by atoms with E-state index in [-0.39, 0.29) is 19.0 Å². The molecule has 2 N–H and O–H groups in total. The zero-order valence-electron chi connectivity index (χ0n) is 12.4. The zero-order chi connectivity index (χ0) is 15.2. The molecule has 0 amide bonds. The molecule has 2 aromatic carbocycles. The van der Waals surface area contributed by atoms with Gasteiger partial charge in [0.15, 0.2) is 11.5 Å².